The van der Waals surface area contributed by atoms with Gasteiger partial charge in [0.25, 0.3) is 0 Å². The van der Waals surface area contributed by atoms with Crippen LogP contribution < -0.4 is 5.11 Å². The average Bonchev–Trinajstić information content (AvgIpc) is 2.40. The predicted octanol–water partition coefficient (Wildman–Crippen LogP) is -0.303. The van der Waals surface area contributed by atoms with Crippen molar-refractivity contribution < 1.29 is 38.9 Å². The summed E-state index contributed by atoms with van der Waals surface area (Å²) in [7, 11) is 5.56. The molecule has 144 valence electrons. The minimum absolute atomic E-state index is 0.0704. The number of ether oxygens (including phenoxy) is 1. The van der Waals surface area contributed by atoms with Crippen LogP contribution in [0.4, 0.5) is 0 Å². The molecule has 0 saturated heterocycles. The predicted molar refractivity (Wildman–Crippen MR) is 88.3 cm³/mol. The first-order valence-electron chi connectivity index (χ1n) is 8.27. The van der Waals surface area contributed by atoms with Crippen molar-refractivity contribution in [1.29, 1.82) is 0 Å². The maximum Gasteiger partial charge on any atom is 0.330 e. The summed E-state index contributed by atoms with van der Waals surface area (Å²) < 4.78 is 5.57. The van der Waals surface area contributed by atoms with Gasteiger partial charge in [-0.05, 0) is 19.3 Å². The molecule has 0 heterocycles. The number of likely N-dealkylation sites (N-methyl/N-ethyl adjacent to an activating group) is 1. The van der Waals surface area contributed by atoms with Crippen molar-refractivity contribution in [2.75, 3.05) is 27.7 Å². The Morgan fingerprint density at radius 2 is 1.84 bits per heavy atom. The zero-order valence-electron chi connectivity index (χ0n) is 15.1. The Kier molecular flexibility index (Phi) is 10.7. The van der Waals surface area contributed by atoms with Crippen molar-refractivity contribution >= 4 is 17.9 Å². The quantitative estimate of drug-likeness (QED) is 0.200. The second-order valence-corrected chi connectivity index (χ2v) is 7.04. The van der Waals surface area contributed by atoms with Gasteiger partial charge in [-0.2, -0.15) is 0 Å². The molecule has 2 atom stereocenters. The number of carboxylic acids is 2. The van der Waals surface area contributed by atoms with Gasteiger partial charge in [0.1, 0.15) is 6.54 Å². The number of esters is 1. The van der Waals surface area contributed by atoms with Crippen LogP contribution in [0.25, 0.3) is 0 Å². The van der Waals surface area contributed by atoms with Gasteiger partial charge in [-0.15, -0.1) is 0 Å². The summed E-state index contributed by atoms with van der Waals surface area (Å²) in [6.07, 6.45) is 2.64. The molecule has 0 aliphatic heterocycles. The molecular formula is C17H29NO7. The number of aliphatic hydroxyl groups is 1. The Labute approximate surface area is 148 Å². The third kappa shape index (κ3) is 15.3. The maximum atomic E-state index is 11.8. The van der Waals surface area contributed by atoms with Crippen molar-refractivity contribution in [3.63, 3.8) is 0 Å². The average molecular weight is 359 g/mol. The number of nitrogens with zero attached hydrogens (tertiary/aromatic N) is 1. The molecule has 2 N–H and O–H groups in total. The Hall–Kier alpha value is -1.93. The van der Waals surface area contributed by atoms with Crippen molar-refractivity contribution in [3.8, 4) is 0 Å². The van der Waals surface area contributed by atoms with Gasteiger partial charge < -0.3 is 29.3 Å². The van der Waals surface area contributed by atoms with E-state index >= 15 is 0 Å². The molecule has 0 saturated carbocycles. The molecule has 8 heteroatoms. The van der Waals surface area contributed by atoms with Crippen LogP contribution >= 0.6 is 0 Å². The number of quaternary nitrogens is 1. The maximum absolute atomic E-state index is 11.8. The van der Waals surface area contributed by atoms with Crippen LogP contribution in [0.5, 0.6) is 0 Å². The van der Waals surface area contributed by atoms with Crippen molar-refractivity contribution in [2.24, 2.45) is 0 Å². The third-order valence-corrected chi connectivity index (χ3v) is 3.27. The van der Waals surface area contributed by atoms with Gasteiger partial charge >= 0.3 is 11.9 Å². The summed E-state index contributed by atoms with van der Waals surface area (Å²) >= 11 is 0. The molecule has 2 unspecified atom stereocenters. The molecule has 0 aromatic carbocycles. The van der Waals surface area contributed by atoms with Crippen LogP contribution in [0, 0.1) is 0 Å². The van der Waals surface area contributed by atoms with Crippen molar-refractivity contribution in [1.82, 2.24) is 0 Å². The number of aliphatic hydroxyl groups excluding tert-OH is 1. The summed E-state index contributed by atoms with van der Waals surface area (Å²) in [5.74, 6) is -2.82. The van der Waals surface area contributed by atoms with Gasteiger partial charge in [0.05, 0.1) is 27.2 Å². The van der Waals surface area contributed by atoms with Crippen LogP contribution in [0.2, 0.25) is 0 Å². The second kappa shape index (κ2) is 11.6. The SMILES string of the molecule is C[N+](C)(C)CC(CC(=O)[O-])OC(=O)/C=C/CC(O)CCCCC(=O)O. The van der Waals surface area contributed by atoms with E-state index in [4.69, 9.17) is 9.84 Å². The largest absolute Gasteiger partial charge is 0.550 e. The Morgan fingerprint density at radius 1 is 1.20 bits per heavy atom. The molecule has 8 nitrogen and oxygen atoms in total. The van der Waals surface area contributed by atoms with E-state index in [0.717, 1.165) is 0 Å². The molecule has 0 aromatic heterocycles. The van der Waals surface area contributed by atoms with Gasteiger partial charge in [-0.1, -0.05) is 12.5 Å². The zero-order chi connectivity index (χ0) is 19.5. The van der Waals surface area contributed by atoms with E-state index in [2.05, 4.69) is 0 Å². The lowest BCUT2D eigenvalue weighted by atomic mass is 10.1. The number of rotatable bonds is 13. The zero-order valence-corrected chi connectivity index (χ0v) is 15.1. The molecule has 0 rings (SSSR count). The van der Waals surface area contributed by atoms with E-state index in [9.17, 15) is 24.6 Å². The van der Waals surface area contributed by atoms with E-state index in [0.29, 0.717) is 30.3 Å². The van der Waals surface area contributed by atoms with E-state index in [1.54, 1.807) is 0 Å². The molecule has 0 radical (unpaired) electrons. The summed E-state index contributed by atoms with van der Waals surface area (Å²) in [6.45, 7) is 0.333. The lowest BCUT2D eigenvalue weighted by molar-refractivity contribution is -0.873. The van der Waals surface area contributed by atoms with E-state index in [1.807, 2.05) is 21.1 Å². The number of hydrogen-bond donors (Lipinski definition) is 2. The van der Waals surface area contributed by atoms with E-state index in [-0.39, 0.29) is 19.3 Å². The van der Waals surface area contributed by atoms with Crippen LogP contribution in [-0.2, 0) is 19.1 Å². The van der Waals surface area contributed by atoms with Crippen molar-refractivity contribution in [3.05, 3.63) is 12.2 Å². The topological polar surface area (TPSA) is 124 Å². The number of hydrogen-bond acceptors (Lipinski definition) is 6. The fourth-order valence-electron chi connectivity index (χ4n) is 2.24. The third-order valence-electron chi connectivity index (χ3n) is 3.27. The van der Waals surface area contributed by atoms with Crippen LogP contribution in [0.15, 0.2) is 12.2 Å². The minimum atomic E-state index is -1.29. The molecule has 0 amide bonds. The molecule has 0 spiro atoms. The molecule has 25 heavy (non-hydrogen) atoms. The van der Waals surface area contributed by atoms with Gasteiger partial charge in [0.15, 0.2) is 6.10 Å². The van der Waals surface area contributed by atoms with Crippen LogP contribution in [-0.4, -0.2) is 72.5 Å². The summed E-state index contributed by atoms with van der Waals surface area (Å²) in [4.78, 5) is 32.9. The minimum Gasteiger partial charge on any atom is -0.550 e. The lowest BCUT2D eigenvalue weighted by Crippen LogP contribution is -2.45. The number of carboxylic acid groups (broad SMARTS) is 2. The Balaban J connectivity index is 4.24. The van der Waals surface area contributed by atoms with E-state index < -0.39 is 30.1 Å². The van der Waals surface area contributed by atoms with Crippen LogP contribution in [0.3, 0.4) is 0 Å². The highest BCUT2D eigenvalue weighted by atomic mass is 16.5. The van der Waals surface area contributed by atoms with Crippen LogP contribution in [0.1, 0.15) is 38.5 Å². The molecule has 0 aliphatic carbocycles. The number of carbonyl (C=O) groups excluding carboxylic acids is 2. The highest BCUT2D eigenvalue weighted by Crippen LogP contribution is 2.08. The fraction of sp³-hybridized carbons (Fsp3) is 0.706. The molecule has 0 fully saturated rings. The highest BCUT2D eigenvalue weighted by molar-refractivity contribution is 5.82. The van der Waals surface area contributed by atoms with Gasteiger partial charge in [-0.3, -0.25) is 4.79 Å². The van der Waals surface area contributed by atoms with Gasteiger partial charge in [-0.25, -0.2) is 4.79 Å². The lowest BCUT2D eigenvalue weighted by Gasteiger charge is -2.29. The highest BCUT2D eigenvalue weighted by Gasteiger charge is 2.21. The van der Waals surface area contributed by atoms with E-state index in [1.165, 1.54) is 12.2 Å². The fourth-order valence-corrected chi connectivity index (χ4v) is 2.24. The summed E-state index contributed by atoms with van der Waals surface area (Å²) in [5, 5.41) is 29.0. The molecule has 0 aliphatic rings. The molecule has 0 aromatic rings. The molecular weight excluding hydrogens is 330 g/mol. The summed E-state index contributed by atoms with van der Waals surface area (Å²) in [5.41, 5.74) is 0. The summed E-state index contributed by atoms with van der Waals surface area (Å²) in [6, 6.07) is 0. The number of carbonyl (C=O) groups is 3. The first kappa shape index (κ1) is 23.1. The standard InChI is InChI=1S/C17H29NO7/c1-18(2,3)12-14(11-16(22)23)25-17(24)10-6-8-13(19)7-4-5-9-15(20)21/h6,10,13-14,19H,4-5,7-9,11-12H2,1-3H3,(H-,20,21,22,23)/b10-6+. The Bertz CT molecular complexity index is 468. The monoisotopic (exact) mass is 359 g/mol. The molecule has 0 bridgehead atoms. The second-order valence-electron chi connectivity index (χ2n) is 7.04. The van der Waals surface area contributed by atoms with Crippen molar-refractivity contribution in [2.45, 2.75) is 50.7 Å². The Morgan fingerprint density at radius 3 is 2.36 bits per heavy atom. The first-order chi connectivity index (χ1) is 11.5. The number of aliphatic carboxylic acids is 2. The first-order valence-corrected chi connectivity index (χ1v) is 8.27. The smallest absolute Gasteiger partial charge is 0.330 e. The number of unbranched alkanes of at least 4 members (excludes halogenated alkanes) is 1. The van der Waals surface area contributed by atoms with Gasteiger partial charge in [0.2, 0.25) is 0 Å². The normalized spacial score (nSPS) is 14.2. The van der Waals surface area contributed by atoms with Gasteiger partial charge in [0, 0.05) is 24.9 Å².